The molecule has 0 aromatic carbocycles. The average Bonchev–Trinajstić information content (AvgIpc) is 2.32. The van der Waals surface area contributed by atoms with Crippen molar-refractivity contribution in [2.24, 2.45) is 5.41 Å². The van der Waals surface area contributed by atoms with Gasteiger partial charge in [0.2, 0.25) is 0 Å². The second-order valence-corrected chi connectivity index (χ2v) is 5.87. The summed E-state index contributed by atoms with van der Waals surface area (Å²) in [6.45, 7) is 4.66. The van der Waals surface area contributed by atoms with Crippen molar-refractivity contribution in [3.8, 4) is 5.75 Å². The molecule has 1 aliphatic carbocycles. The molecule has 0 radical (unpaired) electrons. The van der Waals surface area contributed by atoms with E-state index in [9.17, 15) is 0 Å². The predicted octanol–water partition coefficient (Wildman–Crippen LogP) is 4.17. The molecule has 2 rings (SSSR count). The van der Waals surface area contributed by atoms with Gasteiger partial charge in [0.05, 0.1) is 18.2 Å². The van der Waals surface area contributed by atoms with Crippen LogP contribution in [-0.4, -0.2) is 11.1 Å². The van der Waals surface area contributed by atoms with Crippen molar-refractivity contribution in [3.05, 3.63) is 24.0 Å². The second-order valence-electron chi connectivity index (χ2n) is 5.60. The molecule has 1 aromatic rings. The third kappa shape index (κ3) is 3.35. The van der Waals surface area contributed by atoms with E-state index in [1.165, 1.54) is 12.8 Å². The number of nitrogens with zero attached hydrogens (tertiary/aromatic N) is 1. The van der Waals surface area contributed by atoms with Crippen LogP contribution in [0.15, 0.2) is 18.5 Å². The topological polar surface area (TPSA) is 22.1 Å². The minimum atomic E-state index is 0.328. The van der Waals surface area contributed by atoms with Crippen LogP contribution >= 0.6 is 11.6 Å². The van der Waals surface area contributed by atoms with E-state index in [0.29, 0.717) is 17.4 Å². The van der Waals surface area contributed by atoms with Gasteiger partial charge in [-0.15, -0.1) is 11.6 Å². The minimum Gasteiger partial charge on any atom is -0.488 e. The van der Waals surface area contributed by atoms with Gasteiger partial charge in [-0.3, -0.25) is 4.98 Å². The van der Waals surface area contributed by atoms with Gasteiger partial charge in [0.1, 0.15) is 5.75 Å². The summed E-state index contributed by atoms with van der Waals surface area (Å²) in [6.07, 6.45) is 8.58. The smallest absolute Gasteiger partial charge is 0.142 e. The van der Waals surface area contributed by atoms with Crippen LogP contribution in [0.5, 0.6) is 5.75 Å². The number of rotatable bonds is 3. The van der Waals surface area contributed by atoms with Crippen LogP contribution in [-0.2, 0) is 5.88 Å². The van der Waals surface area contributed by atoms with E-state index < -0.39 is 0 Å². The van der Waals surface area contributed by atoms with E-state index in [2.05, 4.69) is 18.8 Å². The Balaban J connectivity index is 1.98. The minimum absolute atomic E-state index is 0.328. The molecule has 0 atom stereocenters. The summed E-state index contributed by atoms with van der Waals surface area (Å²) < 4.78 is 6.02. The molecule has 1 aliphatic rings. The Morgan fingerprint density at radius 3 is 2.76 bits per heavy atom. The zero-order chi connectivity index (χ0) is 12.3. The Bertz CT molecular complexity index is 368. The SMILES string of the molecule is CC1(C)CCC(Oc2cnccc2CCl)CC1. The Morgan fingerprint density at radius 2 is 2.12 bits per heavy atom. The molecule has 1 aromatic heterocycles. The molecule has 1 heterocycles. The fraction of sp³-hybridized carbons (Fsp3) is 0.643. The van der Waals surface area contributed by atoms with Gasteiger partial charge in [-0.05, 0) is 37.2 Å². The van der Waals surface area contributed by atoms with E-state index in [0.717, 1.165) is 24.2 Å². The number of hydrogen-bond acceptors (Lipinski definition) is 2. The highest BCUT2D eigenvalue weighted by atomic mass is 35.5. The van der Waals surface area contributed by atoms with Gasteiger partial charge in [0, 0.05) is 11.8 Å². The lowest BCUT2D eigenvalue weighted by Crippen LogP contribution is -2.28. The molecule has 1 fully saturated rings. The van der Waals surface area contributed by atoms with Crippen molar-refractivity contribution >= 4 is 11.6 Å². The largest absolute Gasteiger partial charge is 0.488 e. The second kappa shape index (κ2) is 5.26. The maximum absolute atomic E-state index is 6.02. The molecule has 0 amide bonds. The van der Waals surface area contributed by atoms with Crippen molar-refractivity contribution in [1.82, 2.24) is 4.98 Å². The molecule has 2 nitrogen and oxygen atoms in total. The molecule has 0 aliphatic heterocycles. The average molecular weight is 254 g/mol. The number of pyridine rings is 1. The third-order valence-corrected chi connectivity index (χ3v) is 3.88. The molecule has 0 bridgehead atoms. The molecule has 0 spiro atoms. The number of hydrogen-bond donors (Lipinski definition) is 0. The Kier molecular flexibility index (Phi) is 3.93. The number of alkyl halides is 1. The maximum Gasteiger partial charge on any atom is 0.142 e. The van der Waals surface area contributed by atoms with E-state index >= 15 is 0 Å². The molecule has 94 valence electrons. The van der Waals surface area contributed by atoms with E-state index in [-0.39, 0.29) is 0 Å². The fourth-order valence-electron chi connectivity index (χ4n) is 2.30. The van der Waals surface area contributed by atoms with Crippen LogP contribution in [0.1, 0.15) is 45.1 Å². The Morgan fingerprint density at radius 1 is 1.41 bits per heavy atom. The summed E-state index contributed by atoms with van der Waals surface area (Å²) in [4.78, 5) is 4.10. The fourth-order valence-corrected chi connectivity index (χ4v) is 2.52. The summed E-state index contributed by atoms with van der Waals surface area (Å²) in [5.41, 5.74) is 1.51. The predicted molar refractivity (Wildman–Crippen MR) is 70.5 cm³/mol. The molecule has 0 unspecified atom stereocenters. The standard InChI is InChI=1S/C14H20ClNO/c1-14(2)6-3-12(4-7-14)17-13-10-16-8-5-11(13)9-15/h5,8,10,12H,3-4,6-7,9H2,1-2H3. The van der Waals surface area contributed by atoms with Crippen LogP contribution in [0.25, 0.3) is 0 Å². The van der Waals surface area contributed by atoms with Gasteiger partial charge in [-0.25, -0.2) is 0 Å². The molecule has 1 saturated carbocycles. The van der Waals surface area contributed by atoms with Gasteiger partial charge >= 0.3 is 0 Å². The zero-order valence-electron chi connectivity index (χ0n) is 10.6. The van der Waals surface area contributed by atoms with Crippen LogP contribution < -0.4 is 4.74 Å². The van der Waals surface area contributed by atoms with E-state index in [1.807, 2.05) is 6.07 Å². The molecular formula is C14H20ClNO. The molecular weight excluding hydrogens is 234 g/mol. The summed E-state index contributed by atoms with van der Waals surface area (Å²) in [5, 5.41) is 0. The Hall–Kier alpha value is -0.760. The summed E-state index contributed by atoms with van der Waals surface area (Å²) in [6, 6.07) is 1.93. The lowest BCUT2D eigenvalue weighted by molar-refractivity contribution is 0.0978. The lowest BCUT2D eigenvalue weighted by atomic mass is 9.76. The highest BCUT2D eigenvalue weighted by molar-refractivity contribution is 6.17. The number of aromatic nitrogens is 1. The molecule has 17 heavy (non-hydrogen) atoms. The molecule has 0 N–H and O–H groups in total. The van der Waals surface area contributed by atoms with E-state index in [1.54, 1.807) is 12.4 Å². The summed E-state index contributed by atoms with van der Waals surface area (Å²) in [5.74, 6) is 1.34. The van der Waals surface area contributed by atoms with Crippen LogP contribution in [0.4, 0.5) is 0 Å². The third-order valence-electron chi connectivity index (χ3n) is 3.59. The van der Waals surface area contributed by atoms with Crippen molar-refractivity contribution < 1.29 is 4.74 Å². The van der Waals surface area contributed by atoms with Gasteiger partial charge in [-0.1, -0.05) is 13.8 Å². The van der Waals surface area contributed by atoms with Crippen molar-refractivity contribution in [3.63, 3.8) is 0 Å². The normalized spacial score (nSPS) is 20.2. The van der Waals surface area contributed by atoms with Gasteiger partial charge < -0.3 is 4.74 Å². The van der Waals surface area contributed by atoms with Crippen LogP contribution in [0.3, 0.4) is 0 Å². The summed E-state index contributed by atoms with van der Waals surface area (Å²) >= 11 is 5.89. The Labute approximate surface area is 108 Å². The van der Waals surface area contributed by atoms with Crippen LogP contribution in [0, 0.1) is 5.41 Å². The van der Waals surface area contributed by atoms with E-state index in [4.69, 9.17) is 16.3 Å². The highest BCUT2D eigenvalue weighted by Gasteiger charge is 2.28. The first-order valence-corrected chi connectivity index (χ1v) is 6.80. The van der Waals surface area contributed by atoms with Crippen molar-refractivity contribution in [1.29, 1.82) is 0 Å². The van der Waals surface area contributed by atoms with Crippen molar-refractivity contribution in [2.75, 3.05) is 0 Å². The van der Waals surface area contributed by atoms with Gasteiger partial charge in [0.15, 0.2) is 0 Å². The van der Waals surface area contributed by atoms with Gasteiger partial charge in [0.25, 0.3) is 0 Å². The first-order valence-electron chi connectivity index (χ1n) is 6.26. The summed E-state index contributed by atoms with van der Waals surface area (Å²) in [7, 11) is 0. The maximum atomic E-state index is 6.02. The van der Waals surface area contributed by atoms with Gasteiger partial charge in [-0.2, -0.15) is 0 Å². The first kappa shape index (κ1) is 12.7. The lowest BCUT2D eigenvalue weighted by Gasteiger charge is -2.34. The quantitative estimate of drug-likeness (QED) is 0.755. The number of halogens is 1. The van der Waals surface area contributed by atoms with Crippen molar-refractivity contribution in [2.45, 2.75) is 51.5 Å². The zero-order valence-corrected chi connectivity index (χ0v) is 11.3. The van der Waals surface area contributed by atoms with Crippen LogP contribution in [0.2, 0.25) is 0 Å². The molecule has 3 heteroatoms. The first-order chi connectivity index (χ1) is 8.11. The highest BCUT2D eigenvalue weighted by Crippen LogP contribution is 2.36. The monoisotopic (exact) mass is 253 g/mol. The molecule has 0 saturated heterocycles. The number of ether oxygens (including phenoxy) is 1.